The third kappa shape index (κ3) is 6.07. The number of nitrogens with one attached hydrogen (secondary N) is 3. The lowest BCUT2D eigenvalue weighted by Gasteiger charge is -2.32. The minimum Gasteiger partial charge on any atom is -0.495 e. The fourth-order valence-electron chi connectivity index (χ4n) is 3.69. The van der Waals surface area contributed by atoms with Crippen molar-refractivity contribution in [2.24, 2.45) is 0 Å². The highest BCUT2D eigenvalue weighted by Crippen LogP contribution is 2.27. The minimum absolute atomic E-state index is 0.00649. The molecule has 1 aliphatic heterocycles. The maximum absolute atomic E-state index is 12.8. The molecule has 0 saturated carbocycles. The lowest BCUT2D eigenvalue weighted by molar-refractivity contribution is -1.02. The van der Waals surface area contributed by atoms with Gasteiger partial charge in [0.1, 0.15) is 31.9 Å². The third-order valence-electron chi connectivity index (χ3n) is 5.54. The van der Waals surface area contributed by atoms with Gasteiger partial charge in [0.05, 0.1) is 19.3 Å². The number of hydrogen-bond acceptors (Lipinski definition) is 2. The Morgan fingerprint density at radius 3 is 2.59 bits per heavy atom. The van der Waals surface area contributed by atoms with Crippen molar-refractivity contribution in [1.29, 1.82) is 0 Å². The van der Waals surface area contributed by atoms with Crippen molar-refractivity contribution in [3.63, 3.8) is 0 Å². The van der Waals surface area contributed by atoms with Gasteiger partial charge in [0, 0.05) is 5.02 Å². The topological polar surface area (TPSA) is 47.2 Å². The van der Waals surface area contributed by atoms with E-state index in [0.29, 0.717) is 16.5 Å². The molecule has 29 heavy (non-hydrogen) atoms. The van der Waals surface area contributed by atoms with E-state index in [4.69, 9.17) is 16.3 Å². The van der Waals surface area contributed by atoms with Crippen molar-refractivity contribution < 1.29 is 19.3 Å². The van der Waals surface area contributed by atoms with E-state index >= 15 is 0 Å². The second kappa shape index (κ2) is 10.4. The summed E-state index contributed by atoms with van der Waals surface area (Å²) in [6.07, 6.45) is 4.43. The van der Waals surface area contributed by atoms with Crippen molar-refractivity contribution >= 4 is 29.3 Å². The molecule has 1 atom stereocenters. The van der Waals surface area contributed by atoms with Gasteiger partial charge in [0.25, 0.3) is 5.91 Å². The van der Waals surface area contributed by atoms with Crippen LogP contribution in [-0.2, 0) is 4.79 Å². The van der Waals surface area contributed by atoms with Gasteiger partial charge >= 0.3 is 0 Å². The maximum atomic E-state index is 12.8. The van der Waals surface area contributed by atoms with E-state index in [1.54, 1.807) is 30.2 Å². The molecule has 1 amide bonds. The number of hydrogen-bond donors (Lipinski definition) is 3. The molecule has 1 fully saturated rings. The predicted octanol–water partition coefficient (Wildman–Crippen LogP) is 1.17. The number of halogens is 1. The Hall–Kier alpha value is -2.34. The van der Waals surface area contributed by atoms with Gasteiger partial charge in [-0.3, -0.25) is 4.79 Å². The first kappa shape index (κ1) is 21.4. The van der Waals surface area contributed by atoms with E-state index in [1.165, 1.54) is 10.5 Å². The largest absolute Gasteiger partial charge is 0.495 e. The summed E-state index contributed by atoms with van der Waals surface area (Å²) in [5, 5.41) is 3.55. The number of amides is 1. The number of rotatable bonds is 7. The van der Waals surface area contributed by atoms with Crippen LogP contribution in [0.15, 0.2) is 54.6 Å². The molecule has 2 aromatic rings. The molecule has 1 heterocycles. The molecule has 0 bridgehead atoms. The van der Waals surface area contributed by atoms with Crippen molar-refractivity contribution in [1.82, 2.24) is 0 Å². The van der Waals surface area contributed by atoms with Gasteiger partial charge in [0.15, 0.2) is 6.04 Å². The van der Waals surface area contributed by atoms with Crippen molar-refractivity contribution in [2.75, 3.05) is 45.2 Å². The van der Waals surface area contributed by atoms with Gasteiger partial charge in [-0.2, -0.15) is 0 Å². The van der Waals surface area contributed by atoms with Crippen molar-refractivity contribution in [2.45, 2.75) is 13.0 Å². The normalized spacial score (nSPS) is 20.4. The molecule has 1 aliphatic rings. The van der Waals surface area contributed by atoms with Crippen LogP contribution in [-0.4, -0.2) is 51.8 Å². The van der Waals surface area contributed by atoms with Crippen LogP contribution in [0.2, 0.25) is 5.02 Å². The summed E-state index contributed by atoms with van der Waals surface area (Å²) in [4.78, 5) is 15.6. The standard InChI is InChI=1S/C23H28ClN3O2/c1-18(23(28)25-21-17-20(24)10-11-22(21)29-2)27-15-13-26(14-16-27)12-6-9-19-7-4-3-5-8-19/h3-11,17-18H,12-16H2,1-2H3,(H,25,28)/p+2/b9-6+/t18-/m1/s1. The van der Waals surface area contributed by atoms with Crippen LogP contribution in [0.1, 0.15) is 12.5 Å². The highest BCUT2D eigenvalue weighted by Gasteiger charge is 2.31. The van der Waals surface area contributed by atoms with Gasteiger partial charge in [-0.25, -0.2) is 0 Å². The van der Waals surface area contributed by atoms with E-state index < -0.39 is 0 Å². The van der Waals surface area contributed by atoms with Gasteiger partial charge < -0.3 is 19.9 Å². The Morgan fingerprint density at radius 1 is 1.17 bits per heavy atom. The number of anilines is 1. The Bertz CT molecular complexity index is 833. The summed E-state index contributed by atoms with van der Waals surface area (Å²) in [5.41, 5.74) is 1.85. The van der Waals surface area contributed by atoms with E-state index in [-0.39, 0.29) is 11.9 Å². The SMILES string of the molecule is COc1ccc(Cl)cc1NC(=O)[C@@H](C)[NH+]1CC[NH+](C/C=C/c2ccccc2)CC1. The maximum Gasteiger partial charge on any atom is 0.282 e. The summed E-state index contributed by atoms with van der Waals surface area (Å²) in [5.74, 6) is 0.609. The monoisotopic (exact) mass is 415 g/mol. The minimum atomic E-state index is -0.125. The van der Waals surface area contributed by atoms with E-state index in [0.717, 1.165) is 32.7 Å². The quantitative estimate of drug-likeness (QED) is 0.635. The zero-order valence-corrected chi connectivity index (χ0v) is 17.8. The number of ether oxygens (including phenoxy) is 1. The van der Waals surface area contributed by atoms with E-state index in [2.05, 4.69) is 41.7 Å². The predicted molar refractivity (Wildman–Crippen MR) is 118 cm³/mol. The molecule has 5 nitrogen and oxygen atoms in total. The van der Waals surface area contributed by atoms with Crippen molar-refractivity contribution in [3.05, 3.63) is 65.2 Å². The molecular weight excluding hydrogens is 386 g/mol. The Morgan fingerprint density at radius 2 is 1.90 bits per heavy atom. The Balaban J connectivity index is 1.48. The number of carbonyl (C=O) groups is 1. The lowest BCUT2D eigenvalue weighted by Crippen LogP contribution is -3.29. The Kier molecular flexibility index (Phi) is 7.69. The average molecular weight is 416 g/mol. The second-order valence-electron chi connectivity index (χ2n) is 7.48. The van der Waals surface area contributed by atoms with Crippen LogP contribution < -0.4 is 19.9 Å². The molecule has 3 rings (SSSR count). The lowest BCUT2D eigenvalue weighted by atomic mass is 10.2. The second-order valence-corrected chi connectivity index (χ2v) is 7.92. The molecule has 0 spiro atoms. The van der Waals surface area contributed by atoms with Gasteiger partial charge in [-0.1, -0.05) is 48.0 Å². The highest BCUT2D eigenvalue weighted by molar-refractivity contribution is 6.31. The molecule has 6 heteroatoms. The molecular formula is C23H30ClN3O2+2. The third-order valence-corrected chi connectivity index (χ3v) is 5.78. The molecule has 2 aromatic carbocycles. The smallest absolute Gasteiger partial charge is 0.282 e. The van der Waals surface area contributed by atoms with Crippen LogP contribution in [0, 0.1) is 0 Å². The fraction of sp³-hybridized carbons (Fsp3) is 0.348. The first-order valence-electron chi connectivity index (χ1n) is 10.1. The van der Waals surface area contributed by atoms with Crippen LogP contribution >= 0.6 is 11.6 Å². The van der Waals surface area contributed by atoms with Crippen LogP contribution in [0.25, 0.3) is 6.08 Å². The number of piperazine rings is 1. The first-order chi connectivity index (χ1) is 14.1. The number of quaternary nitrogens is 2. The fourth-order valence-corrected chi connectivity index (χ4v) is 3.86. The summed E-state index contributed by atoms with van der Waals surface area (Å²) in [7, 11) is 1.59. The molecule has 0 radical (unpaired) electrons. The van der Waals surface area contributed by atoms with E-state index in [9.17, 15) is 4.79 Å². The summed E-state index contributed by atoms with van der Waals surface area (Å²) >= 11 is 6.06. The highest BCUT2D eigenvalue weighted by atomic mass is 35.5. The van der Waals surface area contributed by atoms with E-state index in [1.807, 2.05) is 13.0 Å². The molecule has 0 aromatic heterocycles. The van der Waals surface area contributed by atoms with Crippen LogP contribution in [0.5, 0.6) is 5.75 Å². The summed E-state index contributed by atoms with van der Waals surface area (Å²) in [6.45, 7) is 7.09. The number of benzene rings is 2. The van der Waals surface area contributed by atoms with Crippen LogP contribution in [0.3, 0.4) is 0 Å². The number of carbonyl (C=O) groups excluding carboxylic acids is 1. The number of methoxy groups -OCH3 is 1. The summed E-state index contributed by atoms with van der Waals surface area (Å²) in [6, 6.07) is 15.5. The van der Waals surface area contributed by atoms with Gasteiger partial charge in [0.2, 0.25) is 0 Å². The van der Waals surface area contributed by atoms with Crippen LogP contribution in [0.4, 0.5) is 5.69 Å². The first-order valence-corrected chi connectivity index (χ1v) is 10.5. The molecule has 154 valence electrons. The average Bonchev–Trinajstić information content (AvgIpc) is 2.74. The molecule has 0 aliphatic carbocycles. The summed E-state index contributed by atoms with van der Waals surface area (Å²) < 4.78 is 5.32. The zero-order chi connectivity index (χ0) is 20.6. The Labute approximate surface area is 177 Å². The zero-order valence-electron chi connectivity index (χ0n) is 17.1. The van der Waals surface area contributed by atoms with Gasteiger partial charge in [-0.15, -0.1) is 0 Å². The van der Waals surface area contributed by atoms with Crippen molar-refractivity contribution in [3.8, 4) is 5.75 Å². The molecule has 0 unspecified atom stereocenters. The molecule has 3 N–H and O–H groups in total. The van der Waals surface area contributed by atoms with Gasteiger partial charge in [-0.05, 0) is 36.8 Å². The molecule has 1 saturated heterocycles.